The quantitative estimate of drug-likeness (QED) is 0.811. The minimum atomic E-state index is -4.61. The van der Waals surface area contributed by atoms with Gasteiger partial charge in [-0.1, -0.05) is 12.1 Å². The summed E-state index contributed by atoms with van der Waals surface area (Å²) in [6.45, 7) is 3.82. The fraction of sp³-hybridized carbons (Fsp3) is 0.538. The van der Waals surface area contributed by atoms with Crippen LogP contribution in [0.3, 0.4) is 0 Å². The maximum Gasteiger partial charge on any atom is 0.522 e. The standard InChI is InChI=1S/C13H18F3NO2/c1-9-6-11(8-17-3)7-10(2)12(9)18-4-5-19-13(14,15)16/h6-7,17H,4-5,8H2,1-3H3. The van der Waals surface area contributed by atoms with E-state index in [2.05, 4.69) is 10.1 Å². The molecule has 0 aliphatic carbocycles. The number of hydrogen-bond donors (Lipinski definition) is 1. The van der Waals surface area contributed by atoms with Crippen LogP contribution in [0.5, 0.6) is 5.75 Å². The van der Waals surface area contributed by atoms with E-state index in [9.17, 15) is 13.2 Å². The summed E-state index contributed by atoms with van der Waals surface area (Å²) in [6, 6.07) is 3.90. The third-order valence-corrected chi connectivity index (χ3v) is 2.50. The van der Waals surface area contributed by atoms with E-state index >= 15 is 0 Å². The molecule has 1 N–H and O–H groups in total. The van der Waals surface area contributed by atoms with Crippen molar-refractivity contribution in [1.29, 1.82) is 0 Å². The predicted octanol–water partition coefficient (Wildman–Crippen LogP) is 2.94. The molecule has 0 aromatic heterocycles. The van der Waals surface area contributed by atoms with Gasteiger partial charge in [-0.3, -0.25) is 4.74 Å². The molecule has 6 heteroatoms. The Kier molecular flexibility index (Phi) is 5.62. The van der Waals surface area contributed by atoms with Crippen molar-refractivity contribution in [2.75, 3.05) is 20.3 Å². The van der Waals surface area contributed by atoms with E-state index in [1.807, 2.05) is 33.0 Å². The molecule has 3 nitrogen and oxygen atoms in total. The van der Waals surface area contributed by atoms with Crippen molar-refractivity contribution in [3.05, 3.63) is 28.8 Å². The molecule has 19 heavy (non-hydrogen) atoms. The van der Waals surface area contributed by atoms with Crippen LogP contribution in [0.2, 0.25) is 0 Å². The molecule has 0 aliphatic heterocycles. The summed E-state index contributed by atoms with van der Waals surface area (Å²) in [6.07, 6.45) is -4.61. The SMILES string of the molecule is CNCc1cc(C)c(OCCOC(F)(F)F)c(C)c1. The van der Waals surface area contributed by atoms with Gasteiger partial charge in [-0.2, -0.15) is 0 Å². The van der Waals surface area contributed by atoms with E-state index < -0.39 is 13.0 Å². The van der Waals surface area contributed by atoms with Gasteiger partial charge in [0, 0.05) is 6.54 Å². The molecular formula is C13H18F3NO2. The van der Waals surface area contributed by atoms with Gasteiger partial charge >= 0.3 is 6.36 Å². The molecule has 0 spiro atoms. The second-order valence-corrected chi connectivity index (χ2v) is 4.23. The van der Waals surface area contributed by atoms with Crippen LogP contribution in [-0.2, 0) is 11.3 Å². The molecule has 0 radical (unpaired) electrons. The summed E-state index contributed by atoms with van der Waals surface area (Å²) in [5.74, 6) is 0.616. The average Bonchev–Trinajstić information content (AvgIpc) is 2.26. The Morgan fingerprint density at radius 1 is 1.11 bits per heavy atom. The van der Waals surface area contributed by atoms with E-state index in [0.29, 0.717) is 5.75 Å². The Balaban J connectivity index is 2.59. The van der Waals surface area contributed by atoms with Crippen molar-refractivity contribution < 1.29 is 22.6 Å². The highest BCUT2D eigenvalue weighted by atomic mass is 19.4. The number of nitrogens with one attached hydrogen (secondary N) is 1. The first-order valence-electron chi connectivity index (χ1n) is 5.91. The van der Waals surface area contributed by atoms with E-state index in [4.69, 9.17) is 4.74 Å². The van der Waals surface area contributed by atoms with Crippen LogP contribution in [0.25, 0.3) is 0 Å². The van der Waals surface area contributed by atoms with Crippen LogP contribution in [0, 0.1) is 13.8 Å². The number of benzene rings is 1. The van der Waals surface area contributed by atoms with Gasteiger partial charge in [0.1, 0.15) is 12.4 Å². The monoisotopic (exact) mass is 277 g/mol. The van der Waals surface area contributed by atoms with E-state index in [1.54, 1.807) is 0 Å². The van der Waals surface area contributed by atoms with Crippen molar-refractivity contribution in [3.8, 4) is 5.75 Å². The number of aryl methyl sites for hydroxylation is 2. The van der Waals surface area contributed by atoms with Crippen LogP contribution < -0.4 is 10.1 Å². The minimum Gasteiger partial charge on any atom is -0.491 e. The van der Waals surface area contributed by atoms with Gasteiger partial charge in [-0.25, -0.2) is 0 Å². The number of rotatable bonds is 6. The fourth-order valence-electron chi connectivity index (χ4n) is 1.87. The summed E-state index contributed by atoms with van der Waals surface area (Å²) >= 11 is 0. The summed E-state index contributed by atoms with van der Waals surface area (Å²) in [5, 5.41) is 3.04. The van der Waals surface area contributed by atoms with E-state index in [1.165, 1.54) is 0 Å². The largest absolute Gasteiger partial charge is 0.522 e. The number of hydrogen-bond acceptors (Lipinski definition) is 3. The molecule has 108 valence electrons. The molecule has 0 amide bonds. The zero-order chi connectivity index (χ0) is 14.5. The summed E-state index contributed by atoms with van der Waals surface area (Å²) < 4.78 is 44.4. The summed E-state index contributed by atoms with van der Waals surface area (Å²) in [7, 11) is 1.85. The predicted molar refractivity (Wildman–Crippen MR) is 66.2 cm³/mol. The molecule has 0 saturated heterocycles. The Labute approximate surface area is 110 Å². The maximum absolute atomic E-state index is 11.8. The molecule has 0 heterocycles. The average molecular weight is 277 g/mol. The molecule has 0 aliphatic rings. The van der Waals surface area contributed by atoms with Gasteiger partial charge in [0.2, 0.25) is 0 Å². The van der Waals surface area contributed by atoms with E-state index in [-0.39, 0.29) is 6.61 Å². The third-order valence-electron chi connectivity index (χ3n) is 2.50. The van der Waals surface area contributed by atoms with Crippen LogP contribution in [0.15, 0.2) is 12.1 Å². The van der Waals surface area contributed by atoms with Crippen LogP contribution in [0.4, 0.5) is 13.2 Å². The fourth-order valence-corrected chi connectivity index (χ4v) is 1.87. The van der Waals surface area contributed by atoms with Crippen molar-refractivity contribution in [2.45, 2.75) is 26.8 Å². The van der Waals surface area contributed by atoms with Crippen LogP contribution in [-0.4, -0.2) is 26.6 Å². The van der Waals surface area contributed by atoms with Crippen molar-refractivity contribution in [3.63, 3.8) is 0 Å². The lowest BCUT2D eigenvalue weighted by Gasteiger charge is -2.14. The van der Waals surface area contributed by atoms with Gasteiger partial charge in [0.25, 0.3) is 0 Å². The molecule has 0 bridgehead atoms. The Morgan fingerprint density at radius 2 is 1.68 bits per heavy atom. The second-order valence-electron chi connectivity index (χ2n) is 4.23. The van der Waals surface area contributed by atoms with Crippen LogP contribution in [0.1, 0.15) is 16.7 Å². The van der Waals surface area contributed by atoms with Crippen molar-refractivity contribution in [2.24, 2.45) is 0 Å². The summed E-state index contributed by atoms with van der Waals surface area (Å²) in [4.78, 5) is 0. The maximum atomic E-state index is 11.8. The first-order valence-corrected chi connectivity index (χ1v) is 5.91. The number of halogens is 3. The zero-order valence-electron chi connectivity index (χ0n) is 11.2. The minimum absolute atomic E-state index is 0.132. The number of ether oxygens (including phenoxy) is 2. The highest BCUT2D eigenvalue weighted by molar-refractivity contribution is 5.43. The van der Waals surface area contributed by atoms with Gasteiger partial charge in [-0.05, 0) is 37.6 Å². The van der Waals surface area contributed by atoms with Gasteiger partial charge < -0.3 is 10.1 Å². The second kappa shape index (κ2) is 6.77. The Hall–Kier alpha value is -1.27. The van der Waals surface area contributed by atoms with Gasteiger partial charge in [0.15, 0.2) is 0 Å². The third kappa shape index (κ3) is 5.48. The molecule has 0 fully saturated rings. The molecule has 0 unspecified atom stereocenters. The molecular weight excluding hydrogens is 259 g/mol. The molecule has 0 saturated carbocycles. The van der Waals surface area contributed by atoms with E-state index in [0.717, 1.165) is 23.2 Å². The Morgan fingerprint density at radius 3 is 2.16 bits per heavy atom. The highest BCUT2D eigenvalue weighted by Gasteiger charge is 2.28. The van der Waals surface area contributed by atoms with Crippen molar-refractivity contribution in [1.82, 2.24) is 5.32 Å². The number of alkyl halides is 3. The molecule has 0 atom stereocenters. The normalized spacial score (nSPS) is 11.7. The first-order chi connectivity index (χ1) is 8.83. The van der Waals surface area contributed by atoms with Crippen molar-refractivity contribution >= 4 is 0 Å². The lowest BCUT2D eigenvalue weighted by atomic mass is 10.1. The molecule has 1 aromatic carbocycles. The summed E-state index contributed by atoms with van der Waals surface area (Å²) in [5.41, 5.74) is 2.91. The highest BCUT2D eigenvalue weighted by Crippen LogP contribution is 2.25. The lowest BCUT2D eigenvalue weighted by molar-refractivity contribution is -0.325. The first kappa shape index (κ1) is 15.8. The van der Waals surface area contributed by atoms with Gasteiger partial charge in [-0.15, -0.1) is 13.2 Å². The topological polar surface area (TPSA) is 30.5 Å². The van der Waals surface area contributed by atoms with Gasteiger partial charge in [0.05, 0.1) is 6.61 Å². The zero-order valence-corrected chi connectivity index (χ0v) is 11.2. The molecule has 1 aromatic rings. The molecule has 1 rings (SSSR count). The smallest absolute Gasteiger partial charge is 0.491 e. The Bertz CT molecular complexity index is 396. The van der Waals surface area contributed by atoms with Crippen LogP contribution >= 0.6 is 0 Å². The lowest BCUT2D eigenvalue weighted by Crippen LogP contribution is -2.18.